The number of hydrogen-bond acceptors (Lipinski definition) is 6. The standard InChI is InChI=1S/C30H31N3O4/c1-32(18-20-15-26(35-2)29(37-4)27(16-20)36-3)30(34)24-17-28(31-25-12-8-7-11-23(24)25)33-14-13-21-9-5-6-10-22(21)19-33/h5-12,15-17H,13-14,18-19H2,1-4H3. The molecule has 3 aromatic carbocycles. The third kappa shape index (κ3) is 4.77. The van der Waals surface area contributed by atoms with Crippen molar-refractivity contribution in [3.8, 4) is 17.2 Å². The second-order valence-electron chi connectivity index (χ2n) is 9.18. The Morgan fingerprint density at radius 2 is 1.59 bits per heavy atom. The van der Waals surface area contributed by atoms with Crippen LogP contribution in [0.4, 0.5) is 5.82 Å². The van der Waals surface area contributed by atoms with Crippen molar-refractivity contribution in [2.75, 3.05) is 39.8 Å². The first-order valence-electron chi connectivity index (χ1n) is 12.3. The number of rotatable bonds is 7. The number of fused-ring (bicyclic) bond motifs is 2. The van der Waals surface area contributed by atoms with Gasteiger partial charge in [-0.15, -0.1) is 0 Å². The van der Waals surface area contributed by atoms with Crippen molar-refractivity contribution in [2.24, 2.45) is 0 Å². The molecule has 0 bridgehead atoms. The van der Waals surface area contributed by atoms with Gasteiger partial charge in [0.05, 0.1) is 32.4 Å². The van der Waals surface area contributed by atoms with Gasteiger partial charge in [-0.1, -0.05) is 42.5 Å². The van der Waals surface area contributed by atoms with E-state index in [-0.39, 0.29) is 5.91 Å². The highest BCUT2D eigenvalue weighted by Gasteiger charge is 2.23. The van der Waals surface area contributed by atoms with Gasteiger partial charge in [-0.2, -0.15) is 0 Å². The maximum absolute atomic E-state index is 13.8. The number of methoxy groups -OCH3 is 3. The summed E-state index contributed by atoms with van der Waals surface area (Å²) in [4.78, 5) is 22.7. The Balaban J connectivity index is 1.47. The average Bonchev–Trinajstić information content (AvgIpc) is 2.95. The Labute approximate surface area is 217 Å². The van der Waals surface area contributed by atoms with Crippen molar-refractivity contribution >= 4 is 22.6 Å². The molecule has 1 aliphatic heterocycles. The highest BCUT2D eigenvalue weighted by atomic mass is 16.5. The lowest BCUT2D eigenvalue weighted by Gasteiger charge is -2.30. The van der Waals surface area contributed by atoms with Crippen LogP contribution in [-0.4, -0.2) is 50.7 Å². The quantitative estimate of drug-likeness (QED) is 0.354. The first-order chi connectivity index (χ1) is 18.0. The molecule has 5 rings (SSSR count). The van der Waals surface area contributed by atoms with Crippen LogP contribution in [0, 0.1) is 0 Å². The molecule has 2 heterocycles. The van der Waals surface area contributed by atoms with Crippen molar-refractivity contribution in [1.82, 2.24) is 9.88 Å². The summed E-state index contributed by atoms with van der Waals surface area (Å²) < 4.78 is 16.4. The Kier molecular flexibility index (Phi) is 6.86. The van der Waals surface area contributed by atoms with Gasteiger partial charge in [0, 0.05) is 32.1 Å². The molecule has 0 radical (unpaired) electrons. The number of nitrogens with zero attached hydrogens (tertiary/aromatic N) is 3. The van der Waals surface area contributed by atoms with Gasteiger partial charge in [0.15, 0.2) is 11.5 Å². The van der Waals surface area contributed by atoms with Crippen LogP contribution in [0.25, 0.3) is 10.9 Å². The highest BCUT2D eigenvalue weighted by Crippen LogP contribution is 2.38. The normalized spacial score (nSPS) is 12.7. The van der Waals surface area contributed by atoms with Crippen molar-refractivity contribution in [1.29, 1.82) is 0 Å². The molecular weight excluding hydrogens is 466 g/mol. The van der Waals surface area contributed by atoms with Gasteiger partial charge in [0.2, 0.25) is 5.75 Å². The van der Waals surface area contributed by atoms with Gasteiger partial charge in [0.25, 0.3) is 5.91 Å². The molecule has 0 saturated heterocycles. The van der Waals surface area contributed by atoms with E-state index in [9.17, 15) is 4.79 Å². The predicted molar refractivity (Wildman–Crippen MR) is 145 cm³/mol. The molecule has 0 spiro atoms. The van der Waals surface area contributed by atoms with E-state index in [0.29, 0.717) is 29.4 Å². The van der Waals surface area contributed by atoms with E-state index in [1.165, 1.54) is 11.1 Å². The number of carbonyl (C=O) groups excluding carboxylic acids is 1. The van der Waals surface area contributed by atoms with E-state index in [2.05, 4.69) is 29.2 Å². The second kappa shape index (κ2) is 10.4. The summed E-state index contributed by atoms with van der Waals surface area (Å²) in [5.74, 6) is 2.37. The Hall–Kier alpha value is -4.26. The number of pyridine rings is 1. The molecule has 0 atom stereocenters. The smallest absolute Gasteiger partial charge is 0.254 e. The molecule has 37 heavy (non-hydrogen) atoms. The predicted octanol–water partition coefficient (Wildman–Crippen LogP) is 5.10. The average molecular weight is 498 g/mol. The van der Waals surface area contributed by atoms with E-state index in [4.69, 9.17) is 19.2 Å². The fourth-order valence-corrected chi connectivity index (χ4v) is 4.97. The molecular formula is C30H31N3O4. The third-order valence-corrected chi connectivity index (χ3v) is 6.88. The molecule has 0 aliphatic carbocycles. The summed E-state index contributed by atoms with van der Waals surface area (Å²) in [5.41, 5.74) is 4.99. The van der Waals surface area contributed by atoms with E-state index in [0.717, 1.165) is 41.8 Å². The number of amides is 1. The Morgan fingerprint density at radius 1 is 0.919 bits per heavy atom. The van der Waals surface area contributed by atoms with Gasteiger partial charge < -0.3 is 24.0 Å². The molecule has 190 valence electrons. The number of hydrogen-bond donors (Lipinski definition) is 0. The molecule has 1 aliphatic rings. The molecule has 0 N–H and O–H groups in total. The van der Waals surface area contributed by atoms with Gasteiger partial charge in [0.1, 0.15) is 5.82 Å². The largest absolute Gasteiger partial charge is 0.493 e. The first kappa shape index (κ1) is 24.4. The zero-order chi connectivity index (χ0) is 25.9. The van der Waals surface area contributed by atoms with Gasteiger partial charge in [-0.25, -0.2) is 4.98 Å². The molecule has 0 unspecified atom stereocenters. The lowest BCUT2D eigenvalue weighted by molar-refractivity contribution is 0.0786. The number of aromatic nitrogens is 1. The molecule has 0 fully saturated rings. The minimum atomic E-state index is -0.0778. The van der Waals surface area contributed by atoms with Gasteiger partial charge in [-0.05, 0) is 47.4 Å². The van der Waals surface area contributed by atoms with E-state index >= 15 is 0 Å². The fraction of sp³-hybridized carbons (Fsp3) is 0.267. The fourth-order valence-electron chi connectivity index (χ4n) is 4.97. The van der Waals surface area contributed by atoms with Crippen molar-refractivity contribution in [2.45, 2.75) is 19.5 Å². The molecule has 7 nitrogen and oxygen atoms in total. The van der Waals surface area contributed by atoms with Crippen LogP contribution in [0.3, 0.4) is 0 Å². The Bertz CT molecular complexity index is 1430. The van der Waals surface area contributed by atoms with Crippen molar-refractivity contribution in [3.05, 3.63) is 89.0 Å². The molecule has 1 amide bonds. The minimum absolute atomic E-state index is 0.0778. The van der Waals surface area contributed by atoms with E-state index < -0.39 is 0 Å². The zero-order valence-corrected chi connectivity index (χ0v) is 21.7. The van der Waals surface area contributed by atoms with Crippen LogP contribution in [0.1, 0.15) is 27.0 Å². The van der Waals surface area contributed by atoms with Crippen molar-refractivity contribution < 1.29 is 19.0 Å². The third-order valence-electron chi connectivity index (χ3n) is 6.88. The summed E-state index contributed by atoms with van der Waals surface area (Å²) in [6, 6.07) is 22.0. The summed E-state index contributed by atoms with van der Waals surface area (Å²) >= 11 is 0. The maximum atomic E-state index is 13.8. The van der Waals surface area contributed by atoms with E-state index in [1.54, 1.807) is 33.3 Å². The SMILES string of the molecule is COc1cc(CN(C)C(=O)c2cc(N3CCc4ccccc4C3)nc3ccccc23)cc(OC)c1OC. The highest BCUT2D eigenvalue weighted by molar-refractivity contribution is 6.07. The monoisotopic (exact) mass is 497 g/mol. The molecule has 0 saturated carbocycles. The Morgan fingerprint density at radius 3 is 2.30 bits per heavy atom. The number of benzene rings is 3. The van der Waals surface area contributed by atoms with E-state index in [1.807, 2.05) is 42.5 Å². The first-order valence-corrected chi connectivity index (χ1v) is 12.3. The lowest BCUT2D eigenvalue weighted by Crippen LogP contribution is -2.32. The topological polar surface area (TPSA) is 64.1 Å². The molecule has 4 aromatic rings. The van der Waals surface area contributed by atoms with Gasteiger partial charge >= 0.3 is 0 Å². The van der Waals surface area contributed by atoms with Crippen LogP contribution >= 0.6 is 0 Å². The van der Waals surface area contributed by atoms with Gasteiger partial charge in [-0.3, -0.25) is 4.79 Å². The second-order valence-corrected chi connectivity index (χ2v) is 9.18. The summed E-state index contributed by atoms with van der Waals surface area (Å²) in [6.45, 7) is 2.01. The number of anilines is 1. The number of para-hydroxylation sites is 1. The van der Waals surface area contributed by atoms with Crippen LogP contribution in [-0.2, 0) is 19.5 Å². The van der Waals surface area contributed by atoms with Crippen molar-refractivity contribution in [3.63, 3.8) is 0 Å². The minimum Gasteiger partial charge on any atom is -0.493 e. The molecule has 1 aromatic heterocycles. The summed E-state index contributed by atoms with van der Waals surface area (Å²) in [7, 11) is 6.54. The summed E-state index contributed by atoms with van der Waals surface area (Å²) in [5, 5.41) is 0.838. The zero-order valence-electron chi connectivity index (χ0n) is 21.7. The van der Waals surface area contributed by atoms with Crippen LogP contribution in [0.15, 0.2) is 66.7 Å². The van der Waals surface area contributed by atoms with Crippen LogP contribution in [0.2, 0.25) is 0 Å². The maximum Gasteiger partial charge on any atom is 0.254 e. The number of carbonyl (C=O) groups is 1. The lowest BCUT2D eigenvalue weighted by atomic mass is 9.99. The van der Waals surface area contributed by atoms with Crippen LogP contribution in [0.5, 0.6) is 17.2 Å². The molecule has 7 heteroatoms. The van der Waals surface area contributed by atoms with Crippen LogP contribution < -0.4 is 19.1 Å². The number of ether oxygens (including phenoxy) is 3. The summed E-state index contributed by atoms with van der Waals surface area (Å²) in [6.07, 6.45) is 0.953.